The van der Waals surface area contributed by atoms with Gasteiger partial charge in [-0.15, -0.1) is 0 Å². The first-order valence-corrected chi connectivity index (χ1v) is 10.5. The Hall–Kier alpha value is -2.85. The maximum Gasteiger partial charge on any atom is 0.252 e. The first kappa shape index (κ1) is 21.8. The van der Waals surface area contributed by atoms with Gasteiger partial charge in [-0.2, -0.15) is 0 Å². The standard InChI is InChI=1S/C26H33N3O/c1-18-14-15-21(27-17-26(3,4)29(5)6)16-24(18)25(30)28-19(2)22-13-9-11-20-10-7-8-12-23(20)22/h7-16,19,27H,17H2,1-6H3,(H,28,30)/t19-/m1/s1. The van der Waals surface area contributed by atoms with Gasteiger partial charge in [-0.1, -0.05) is 48.5 Å². The Labute approximate surface area is 180 Å². The number of carbonyl (C=O) groups is 1. The molecule has 0 saturated heterocycles. The van der Waals surface area contributed by atoms with Crippen LogP contribution in [0.2, 0.25) is 0 Å². The van der Waals surface area contributed by atoms with Gasteiger partial charge in [-0.25, -0.2) is 0 Å². The topological polar surface area (TPSA) is 44.4 Å². The lowest BCUT2D eigenvalue weighted by Gasteiger charge is -2.33. The Morgan fingerprint density at radius 2 is 1.73 bits per heavy atom. The van der Waals surface area contributed by atoms with Crippen molar-refractivity contribution in [2.75, 3.05) is 26.0 Å². The third kappa shape index (κ3) is 4.82. The Balaban J connectivity index is 1.78. The van der Waals surface area contributed by atoms with E-state index < -0.39 is 0 Å². The Kier molecular flexibility index (Phi) is 6.47. The van der Waals surface area contributed by atoms with Gasteiger partial charge >= 0.3 is 0 Å². The highest BCUT2D eigenvalue weighted by Gasteiger charge is 2.20. The second-order valence-electron chi connectivity index (χ2n) is 8.85. The summed E-state index contributed by atoms with van der Waals surface area (Å²) in [6.07, 6.45) is 0. The molecule has 0 aromatic heterocycles. The van der Waals surface area contributed by atoms with Crippen molar-refractivity contribution < 1.29 is 4.79 Å². The fourth-order valence-electron chi connectivity index (χ4n) is 3.43. The van der Waals surface area contributed by atoms with Gasteiger partial charge in [0.05, 0.1) is 6.04 Å². The number of amides is 1. The molecule has 4 heteroatoms. The lowest BCUT2D eigenvalue weighted by atomic mass is 9.99. The largest absolute Gasteiger partial charge is 0.383 e. The summed E-state index contributed by atoms with van der Waals surface area (Å²) in [6.45, 7) is 9.18. The number of likely N-dealkylation sites (N-methyl/N-ethyl adjacent to an activating group) is 1. The van der Waals surface area contributed by atoms with Gasteiger partial charge in [0.15, 0.2) is 0 Å². The van der Waals surface area contributed by atoms with Crippen molar-refractivity contribution in [3.05, 3.63) is 77.4 Å². The van der Waals surface area contributed by atoms with Crippen LogP contribution in [0.5, 0.6) is 0 Å². The summed E-state index contributed by atoms with van der Waals surface area (Å²) in [5.41, 5.74) is 3.76. The van der Waals surface area contributed by atoms with E-state index in [4.69, 9.17) is 0 Å². The molecule has 0 radical (unpaired) electrons. The van der Waals surface area contributed by atoms with E-state index in [1.807, 2.05) is 50.2 Å². The van der Waals surface area contributed by atoms with Crippen molar-refractivity contribution in [3.8, 4) is 0 Å². The predicted octanol–water partition coefficient (Wildman–Crippen LogP) is 5.39. The summed E-state index contributed by atoms with van der Waals surface area (Å²) >= 11 is 0. The molecule has 4 nitrogen and oxygen atoms in total. The fraction of sp³-hybridized carbons (Fsp3) is 0.346. The van der Waals surface area contributed by atoms with Gasteiger partial charge < -0.3 is 15.5 Å². The number of nitrogens with one attached hydrogen (secondary N) is 2. The van der Waals surface area contributed by atoms with E-state index in [-0.39, 0.29) is 17.5 Å². The number of carbonyl (C=O) groups excluding carboxylic acids is 1. The first-order chi connectivity index (χ1) is 14.2. The van der Waals surface area contributed by atoms with Crippen LogP contribution in [0.3, 0.4) is 0 Å². The third-order valence-corrected chi connectivity index (χ3v) is 6.06. The van der Waals surface area contributed by atoms with E-state index >= 15 is 0 Å². The molecule has 1 amide bonds. The van der Waals surface area contributed by atoms with Gasteiger partial charge in [-0.05, 0) is 75.8 Å². The lowest BCUT2D eigenvalue weighted by molar-refractivity contribution is 0.0939. The maximum atomic E-state index is 13.1. The zero-order chi connectivity index (χ0) is 21.9. The van der Waals surface area contributed by atoms with E-state index in [2.05, 4.69) is 67.7 Å². The van der Waals surface area contributed by atoms with Crippen molar-refractivity contribution in [1.29, 1.82) is 0 Å². The summed E-state index contributed by atoms with van der Waals surface area (Å²) in [4.78, 5) is 15.3. The van der Waals surface area contributed by atoms with Crippen LogP contribution in [0, 0.1) is 6.92 Å². The summed E-state index contributed by atoms with van der Waals surface area (Å²) in [5.74, 6) is -0.0524. The average Bonchev–Trinajstić information content (AvgIpc) is 2.72. The Morgan fingerprint density at radius 3 is 2.47 bits per heavy atom. The SMILES string of the molecule is Cc1ccc(NCC(C)(C)N(C)C)cc1C(=O)N[C@H](C)c1cccc2ccccc12. The third-order valence-electron chi connectivity index (χ3n) is 6.06. The van der Waals surface area contributed by atoms with E-state index in [0.29, 0.717) is 5.56 Å². The molecule has 3 aromatic carbocycles. The van der Waals surface area contributed by atoms with Crippen LogP contribution in [0.4, 0.5) is 5.69 Å². The summed E-state index contributed by atoms with van der Waals surface area (Å²) in [5, 5.41) is 9.02. The van der Waals surface area contributed by atoms with Crippen molar-refractivity contribution in [2.24, 2.45) is 0 Å². The van der Waals surface area contributed by atoms with E-state index in [1.54, 1.807) is 0 Å². The molecule has 0 fully saturated rings. The molecule has 3 rings (SSSR count). The van der Waals surface area contributed by atoms with Crippen LogP contribution in [0.15, 0.2) is 60.7 Å². The molecular formula is C26H33N3O. The summed E-state index contributed by atoms with van der Waals surface area (Å²) in [6, 6.07) is 20.4. The fourth-order valence-corrected chi connectivity index (χ4v) is 3.43. The Bertz CT molecular complexity index is 1030. The number of rotatable bonds is 7. The molecule has 0 aliphatic rings. The maximum absolute atomic E-state index is 13.1. The van der Waals surface area contributed by atoms with Gasteiger partial charge in [-0.3, -0.25) is 4.79 Å². The minimum Gasteiger partial charge on any atom is -0.383 e. The van der Waals surface area contributed by atoms with Crippen LogP contribution >= 0.6 is 0 Å². The van der Waals surface area contributed by atoms with E-state index in [1.165, 1.54) is 10.8 Å². The van der Waals surface area contributed by atoms with Crippen LogP contribution in [-0.4, -0.2) is 37.0 Å². The van der Waals surface area contributed by atoms with Crippen LogP contribution in [0.1, 0.15) is 48.3 Å². The molecule has 0 aliphatic carbocycles. The van der Waals surface area contributed by atoms with Gasteiger partial charge in [0, 0.05) is 23.3 Å². The number of hydrogen-bond acceptors (Lipinski definition) is 3. The molecule has 0 bridgehead atoms. The van der Waals surface area contributed by atoms with Crippen molar-refractivity contribution in [3.63, 3.8) is 0 Å². The lowest BCUT2D eigenvalue weighted by Crippen LogP contribution is -2.44. The zero-order valence-electron chi connectivity index (χ0n) is 18.9. The number of hydrogen-bond donors (Lipinski definition) is 2. The highest BCUT2D eigenvalue weighted by atomic mass is 16.1. The van der Waals surface area contributed by atoms with Gasteiger partial charge in [0.1, 0.15) is 0 Å². The van der Waals surface area contributed by atoms with Crippen LogP contribution < -0.4 is 10.6 Å². The van der Waals surface area contributed by atoms with Crippen LogP contribution in [0.25, 0.3) is 10.8 Å². The zero-order valence-corrected chi connectivity index (χ0v) is 18.9. The molecule has 0 saturated carbocycles. The van der Waals surface area contributed by atoms with E-state index in [9.17, 15) is 4.79 Å². The Morgan fingerprint density at radius 1 is 1.03 bits per heavy atom. The first-order valence-electron chi connectivity index (χ1n) is 10.5. The quantitative estimate of drug-likeness (QED) is 0.556. The minimum atomic E-state index is -0.0905. The second-order valence-corrected chi connectivity index (χ2v) is 8.85. The van der Waals surface area contributed by atoms with E-state index in [0.717, 1.165) is 23.4 Å². The summed E-state index contributed by atoms with van der Waals surface area (Å²) in [7, 11) is 4.15. The van der Waals surface area contributed by atoms with Gasteiger partial charge in [0.2, 0.25) is 0 Å². The normalized spacial score (nSPS) is 12.8. The predicted molar refractivity (Wildman–Crippen MR) is 127 cm³/mol. The van der Waals surface area contributed by atoms with Crippen molar-refractivity contribution in [1.82, 2.24) is 10.2 Å². The number of benzene rings is 3. The molecule has 158 valence electrons. The van der Waals surface area contributed by atoms with Crippen molar-refractivity contribution in [2.45, 2.75) is 39.3 Å². The number of anilines is 1. The summed E-state index contributed by atoms with van der Waals surface area (Å²) < 4.78 is 0. The number of fused-ring (bicyclic) bond motifs is 1. The molecule has 30 heavy (non-hydrogen) atoms. The monoisotopic (exact) mass is 403 g/mol. The molecule has 0 aliphatic heterocycles. The average molecular weight is 404 g/mol. The molecular weight excluding hydrogens is 370 g/mol. The smallest absolute Gasteiger partial charge is 0.252 e. The molecule has 3 aromatic rings. The molecule has 1 atom stereocenters. The molecule has 0 heterocycles. The molecule has 0 spiro atoms. The van der Waals surface area contributed by atoms with Gasteiger partial charge in [0.25, 0.3) is 5.91 Å². The second kappa shape index (κ2) is 8.88. The number of nitrogens with zero attached hydrogens (tertiary/aromatic N) is 1. The van der Waals surface area contributed by atoms with Crippen molar-refractivity contribution >= 4 is 22.4 Å². The number of aryl methyl sites for hydroxylation is 1. The minimum absolute atomic E-state index is 0.0101. The highest BCUT2D eigenvalue weighted by molar-refractivity contribution is 5.97. The molecule has 0 unspecified atom stereocenters. The highest BCUT2D eigenvalue weighted by Crippen LogP contribution is 2.25. The molecule has 2 N–H and O–H groups in total. The van der Waals surface area contributed by atoms with Crippen LogP contribution in [-0.2, 0) is 0 Å².